The summed E-state index contributed by atoms with van der Waals surface area (Å²) in [4.78, 5) is 7.21. The Balaban J connectivity index is 1.53. The number of likely N-dealkylation sites (tertiary alicyclic amines) is 1. The van der Waals surface area contributed by atoms with E-state index in [0.29, 0.717) is 11.3 Å². The molecule has 1 aromatic carbocycles. The molecule has 0 bridgehead atoms. The maximum absolute atomic E-state index is 4.69. The number of nitrogens with zero attached hydrogens (tertiary/aromatic N) is 2. The van der Waals surface area contributed by atoms with Gasteiger partial charge in [0.1, 0.15) is 0 Å². The number of rotatable bonds is 3. The van der Waals surface area contributed by atoms with E-state index in [1.165, 1.54) is 24.9 Å². The highest BCUT2D eigenvalue weighted by atomic mass is 32.2. The molecule has 1 aromatic rings. The first-order valence-electron chi connectivity index (χ1n) is 7.60. The van der Waals surface area contributed by atoms with Crippen LogP contribution < -0.4 is 5.32 Å². The van der Waals surface area contributed by atoms with Crippen LogP contribution in [0.1, 0.15) is 30.6 Å². The fourth-order valence-electron chi connectivity index (χ4n) is 2.93. The first-order valence-corrected chi connectivity index (χ1v) is 8.48. The smallest absolute Gasteiger partial charge is 0.157 e. The number of thioether (sulfide) groups is 1. The summed E-state index contributed by atoms with van der Waals surface area (Å²) in [7, 11) is 0. The van der Waals surface area contributed by atoms with E-state index in [2.05, 4.69) is 52.5 Å². The summed E-state index contributed by atoms with van der Waals surface area (Å²) in [6, 6.07) is 11.3. The van der Waals surface area contributed by atoms with E-state index < -0.39 is 0 Å². The molecular weight excluding hydrogens is 266 g/mol. The van der Waals surface area contributed by atoms with Gasteiger partial charge in [0.25, 0.3) is 0 Å². The van der Waals surface area contributed by atoms with Crippen molar-refractivity contribution in [2.24, 2.45) is 4.99 Å². The van der Waals surface area contributed by atoms with Crippen molar-refractivity contribution in [1.82, 2.24) is 10.2 Å². The Morgan fingerprint density at radius 2 is 2.20 bits per heavy atom. The molecule has 1 N–H and O–H groups in total. The summed E-state index contributed by atoms with van der Waals surface area (Å²) >= 11 is 1.89. The Morgan fingerprint density at radius 3 is 3.00 bits per heavy atom. The van der Waals surface area contributed by atoms with Gasteiger partial charge in [-0.3, -0.25) is 4.99 Å². The average Bonchev–Trinajstić information content (AvgIpc) is 2.97. The average molecular weight is 289 g/mol. The lowest BCUT2D eigenvalue weighted by molar-refractivity contribution is 0.210. The fraction of sp³-hybridized carbons (Fsp3) is 0.562. The van der Waals surface area contributed by atoms with Gasteiger partial charge in [0.2, 0.25) is 0 Å². The highest BCUT2D eigenvalue weighted by molar-refractivity contribution is 8.14. The van der Waals surface area contributed by atoms with Crippen LogP contribution in [0.5, 0.6) is 0 Å². The Hall–Kier alpha value is -1.00. The van der Waals surface area contributed by atoms with Crippen LogP contribution >= 0.6 is 11.8 Å². The summed E-state index contributed by atoms with van der Waals surface area (Å²) in [5.41, 5.74) is 1.39. The fourth-order valence-corrected chi connectivity index (χ4v) is 4.03. The second kappa shape index (κ2) is 6.64. The van der Waals surface area contributed by atoms with Crippen molar-refractivity contribution >= 4 is 16.9 Å². The Bertz CT molecular complexity index is 460. The molecule has 0 saturated carbocycles. The van der Waals surface area contributed by atoms with Crippen LogP contribution in [0.3, 0.4) is 0 Å². The molecule has 1 saturated heterocycles. The van der Waals surface area contributed by atoms with Gasteiger partial charge in [-0.05, 0) is 31.5 Å². The Kier molecular flexibility index (Phi) is 4.63. The summed E-state index contributed by atoms with van der Waals surface area (Å²) in [6.45, 7) is 6.72. The lowest BCUT2D eigenvalue weighted by atomic mass is 10.1. The van der Waals surface area contributed by atoms with Crippen LogP contribution in [0.4, 0.5) is 0 Å². The van der Waals surface area contributed by atoms with Crippen molar-refractivity contribution < 1.29 is 0 Å². The predicted octanol–water partition coefficient (Wildman–Crippen LogP) is 2.90. The van der Waals surface area contributed by atoms with Gasteiger partial charge in [0, 0.05) is 12.6 Å². The molecule has 0 amide bonds. The molecule has 0 aliphatic carbocycles. The standard InChI is InChI=1S/C16H23N3S/c1-2-19-10-6-9-14(12-19)18-16-17-11-15(20-16)13-7-4-3-5-8-13/h3-5,7-8,14-15H,2,6,9-12H2,1H3,(H,17,18). The van der Waals surface area contributed by atoms with Crippen molar-refractivity contribution in [3.05, 3.63) is 35.9 Å². The maximum Gasteiger partial charge on any atom is 0.157 e. The van der Waals surface area contributed by atoms with Gasteiger partial charge >= 0.3 is 0 Å². The number of likely N-dealkylation sites (N-methyl/N-ethyl adjacent to an activating group) is 1. The van der Waals surface area contributed by atoms with Gasteiger partial charge in [-0.1, -0.05) is 49.0 Å². The van der Waals surface area contributed by atoms with Crippen LogP contribution in [0.2, 0.25) is 0 Å². The minimum absolute atomic E-state index is 0.490. The van der Waals surface area contributed by atoms with Gasteiger partial charge in [0.05, 0.1) is 11.8 Å². The molecule has 0 spiro atoms. The van der Waals surface area contributed by atoms with Gasteiger partial charge in [-0.25, -0.2) is 0 Å². The summed E-state index contributed by atoms with van der Waals surface area (Å²) in [5.74, 6) is 0. The predicted molar refractivity (Wildman–Crippen MR) is 87.3 cm³/mol. The molecule has 3 rings (SSSR count). The second-order valence-corrected chi connectivity index (χ2v) is 6.73. The van der Waals surface area contributed by atoms with Crippen molar-refractivity contribution in [2.75, 3.05) is 26.2 Å². The van der Waals surface area contributed by atoms with E-state index in [4.69, 9.17) is 0 Å². The summed E-state index contributed by atoms with van der Waals surface area (Å²) in [6.07, 6.45) is 2.57. The van der Waals surface area contributed by atoms with Crippen molar-refractivity contribution in [3.8, 4) is 0 Å². The largest absolute Gasteiger partial charge is 0.361 e. The highest BCUT2D eigenvalue weighted by Crippen LogP contribution is 2.34. The molecule has 4 heteroatoms. The molecule has 20 heavy (non-hydrogen) atoms. The quantitative estimate of drug-likeness (QED) is 0.927. The van der Waals surface area contributed by atoms with E-state index in [1.54, 1.807) is 0 Å². The number of benzene rings is 1. The molecule has 0 aromatic heterocycles. The molecule has 108 valence electrons. The van der Waals surface area contributed by atoms with Crippen LogP contribution in [-0.2, 0) is 0 Å². The zero-order chi connectivity index (χ0) is 13.8. The van der Waals surface area contributed by atoms with E-state index in [1.807, 2.05) is 11.8 Å². The summed E-state index contributed by atoms with van der Waals surface area (Å²) < 4.78 is 0. The Labute approximate surface area is 125 Å². The zero-order valence-electron chi connectivity index (χ0n) is 12.1. The second-order valence-electron chi connectivity index (χ2n) is 5.54. The third kappa shape index (κ3) is 3.36. The molecule has 2 heterocycles. The molecule has 3 nitrogen and oxygen atoms in total. The van der Waals surface area contributed by atoms with Gasteiger partial charge in [-0.15, -0.1) is 0 Å². The summed E-state index contributed by atoms with van der Waals surface area (Å²) in [5, 5.41) is 5.28. The first kappa shape index (κ1) is 14.0. The minimum Gasteiger partial charge on any atom is -0.361 e. The van der Waals surface area contributed by atoms with Crippen LogP contribution in [0.25, 0.3) is 0 Å². The molecule has 1 fully saturated rings. The van der Waals surface area contributed by atoms with Gasteiger partial charge in [-0.2, -0.15) is 0 Å². The molecular formula is C16H23N3S. The van der Waals surface area contributed by atoms with Crippen molar-refractivity contribution in [3.63, 3.8) is 0 Å². The minimum atomic E-state index is 0.490. The van der Waals surface area contributed by atoms with Gasteiger partial charge < -0.3 is 10.2 Å². The molecule has 0 radical (unpaired) electrons. The maximum atomic E-state index is 4.69. The number of piperidine rings is 1. The molecule has 2 aliphatic rings. The van der Waals surface area contributed by atoms with E-state index in [0.717, 1.165) is 24.8 Å². The normalized spacial score (nSPS) is 27.4. The van der Waals surface area contributed by atoms with Crippen molar-refractivity contribution in [1.29, 1.82) is 0 Å². The third-order valence-corrected chi connectivity index (χ3v) is 5.28. The number of hydrogen-bond acceptors (Lipinski definition) is 4. The monoisotopic (exact) mass is 289 g/mol. The molecule has 2 unspecified atom stereocenters. The van der Waals surface area contributed by atoms with E-state index in [-0.39, 0.29) is 0 Å². The number of aliphatic imine (C=N–C) groups is 1. The van der Waals surface area contributed by atoms with E-state index in [9.17, 15) is 0 Å². The van der Waals surface area contributed by atoms with Gasteiger partial charge in [0.15, 0.2) is 5.17 Å². The number of amidine groups is 1. The lowest BCUT2D eigenvalue weighted by Crippen LogP contribution is -2.46. The number of nitrogens with one attached hydrogen (secondary N) is 1. The SMILES string of the molecule is CCN1CCCC(NC2=NCC(c3ccccc3)S2)C1. The molecule has 2 atom stereocenters. The van der Waals surface area contributed by atoms with Crippen LogP contribution in [0.15, 0.2) is 35.3 Å². The van der Waals surface area contributed by atoms with Crippen LogP contribution in [0, 0.1) is 0 Å². The third-order valence-electron chi connectivity index (χ3n) is 4.11. The van der Waals surface area contributed by atoms with Crippen LogP contribution in [-0.4, -0.2) is 42.3 Å². The lowest BCUT2D eigenvalue weighted by Gasteiger charge is -2.32. The zero-order valence-corrected chi connectivity index (χ0v) is 12.9. The number of hydrogen-bond donors (Lipinski definition) is 1. The molecule has 2 aliphatic heterocycles. The first-order chi connectivity index (χ1) is 9.85. The highest BCUT2D eigenvalue weighted by Gasteiger charge is 2.25. The topological polar surface area (TPSA) is 27.6 Å². The van der Waals surface area contributed by atoms with E-state index >= 15 is 0 Å². The Morgan fingerprint density at radius 1 is 1.35 bits per heavy atom. The van der Waals surface area contributed by atoms with Crippen molar-refractivity contribution in [2.45, 2.75) is 31.1 Å².